The van der Waals surface area contributed by atoms with Gasteiger partial charge in [-0.25, -0.2) is 15.0 Å². The van der Waals surface area contributed by atoms with E-state index in [-0.39, 0.29) is 5.41 Å². The summed E-state index contributed by atoms with van der Waals surface area (Å²) >= 11 is 0. The van der Waals surface area contributed by atoms with Crippen molar-refractivity contribution in [3.63, 3.8) is 0 Å². The van der Waals surface area contributed by atoms with Crippen molar-refractivity contribution in [2.24, 2.45) is 0 Å². The third-order valence-electron chi connectivity index (χ3n) is 6.56. The molecule has 7 heteroatoms. The predicted octanol–water partition coefficient (Wildman–Crippen LogP) is 4.68. The van der Waals surface area contributed by atoms with Crippen LogP contribution in [0.4, 0.5) is 11.6 Å². The molecule has 34 heavy (non-hydrogen) atoms. The van der Waals surface area contributed by atoms with E-state index in [4.69, 9.17) is 4.98 Å². The van der Waals surface area contributed by atoms with Crippen molar-refractivity contribution in [2.45, 2.75) is 32.7 Å². The van der Waals surface area contributed by atoms with Crippen LogP contribution >= 0.6 is 0 Å². The third-order valence-corrected chi connectivity index (χ3v) is 6.56. The molecule has 0 aliphatic carbocycles. The van der Waals surface area contributed by atoms with E-state index in [1.54, 1.807) is 0 Å². The topological polar surface area (TPSA) is 73.0 Å². The SMILES string of the molecule is CNc1nccc(CN2CCN(c3cccc4nc(-c5ccc(C(C)(C)C)cc5)[nH]c34)CC2)n1. The highest BCUT2D eigenvalue weighted by atomic mass is 15.3. The van der Waals surface area contributed by atoms with Crippen molar-refractivity contribution in [3.05, 3.63) is 66.0 Å². The molecule has 0 spiro atoms. The molecule has 2 N–H and O–H groups in total. The van der Waals surface area contributed by atoms with Gasteiger partial charge in [0.15, 0.2) is 0 Å². The molecule has 2 aromatic carbocycles. The van der Waals surface area contributed by atoms with Crippen molar-refractivity contribution in [3.8, 4) is 11.4 Å². The molecule has 5 rings (SSSR count). The quantitative estimate of drug-likeness (QED) is 0.455. The van der Waals surface area contributed by atoms with E-state index in [2.05, 4.69) is 93.3 Å². The van der Waals surface area contributed by atoms with Gasteiger partial charge in [-0.3, -0.25) is 4.90 Å². The Morgan fingerprint density at radius 1 is 0.941 bits per heavy atom. The molecule has 3 heterocycles. The van der Waals surface area contributed by atoms with Gasteiger partial charge >= 0.3 is 0 Å². The van der Waals surface area contributed by atoms with E-state index in [1.165, 1.54) is 11.3 Å². The number of nitrogens with zero attached hydrogens (tertiary/aromatic N) is 5. The van der Waals surface area contributed by atoms with E-state index >= 15 is 0 Å². The Kier molecular flexibility index (Phi) is 5.96. The number of piperazine rings is 1. The Balaban J connectivity index is 1.31. The van der Waals surface area contributed by atoms with Crippen LogP contribution in [-0.2, 0) is 12.0 Å². The maximum atomic E-state index is 4.90. The average Bonchev–Trinajstić information content (AvgIpc) is 3.29. The first-order chi connectivity index (χ1) is 16.4. The predicted molar refractivity (Wildman–Crippen MR) is 139 cm³/mol. The maximum absolute atomic E-state index is 4.90. The number of aromatic nitrogens is 4. The Bertz CT molecular complexity index is 1260. The van der Waals surface area contributed by atoms with Crippen molar-refractivity contribution in [1.82, 2.24) is 24.8 Å². The summed E-state index contributed by atoms with van der Waals surface area (Å²) in [5.74, 6) is 1.59. The van der Waals surface area contributed by atoms with Gasteiger partial charge in [0.25, 0.3) is 0 Å². The van der Waals surface area contributed by atoms with Gasteiger partial charge in [-0.1, -0.05) is 51.1 Å². The number of nitrogens with one attached hydrogen (secondary N) is 2. The van der Waals surface area contributed by atoms with Gasteiger partial charge in [-0.05, 0) is 29.2 Å². The fraction of sp³-hybridized carbons (Fsp3) is 0.370. The minimum Gasteiger partial charge on any atom is -0.367 e. The number of H-pyrrole nitrogens is 1. The first-order valence-electron chi connectivity index (χ1n) is 12.0. The summed E-state index contributed by atoms with van der Waals surface area (Å²) in [6, 6.07) is 17.2. The van der Waals surface area contributed by atoms with Crippen LogP contribution in [0.15, 0.2) is 54.7 Å². The van der Waals surface area contributed by atoms with E-state index in [1.807, 2.05) is 19.3 Å². The molecule has 1 aliphatic rings. The number of imidazole rings is 1. The molecule has 4 aromatic rings. The molecule has 0 radical (unpaired) electrons. The maximum Gasteiger partial charge on any atom is 0.222 e. The largest absolute Gasteiger partial charge is 0.367 e. The fourth-order valence-electron chi connectivity index (χ4n) is 4.53. The van der Waals surface area contributed by atoms with E-state index in [0.717, 1.165) is 60.8 Å². The van der Waals surface area contributed by atoms with Gasteiger partial charge in [0.1, 0.15) is 5.82 Å². The highest BCUT2D eigenvalue weighted by Gasteiger charge is 2.21. The van der Waals surface area contributed by atoms with Crippen molar-refractivity contribution in [1.29, 1.82) is 0 Å². The van der Waals surface area contributed by atoms with Crippen LogP contribution in [0, 0.1) is 0 Å². The van der Waals surface area contributed by atoms with Crippen LogP contribution < -0.4 is 10.2 Å². The third kappa shape index (κ3) is 4.61. The molecule has 0 amide bonds. The second-order valence-electron chi connectivity index (χ2n) is 9.97. The standard InChI is InChI=1S/C27H33N7/c1-27(2,3)20-10-8-19(9-11-20)25-31-22-6-5-7-23(24(22)32-25)34-16-14-33(15-17-34)18-21-12-13-29-26(28-4)30-21/h5-13H,14-18H2,1-4H3,(H,31,32)(H,28,29,30). The number of aromatic amines is 1. The highest BCUT2D eigenvalue weighted by Crippen LogP contribution is 2.30. The van der Waals surface area contributed by atoms with Gasteiger partial charge < -0.3 is 15.2 Å². The van der Waals surface area contributed by atoms with Crippen LogP contribution in [-0.4, -0.2) is 58.1 Å². The zero-order valence-electron chi connectivity index (χ0n) is 20.5. The number of fused-ring (bicyclic) bond motifs is 1. The lowest BCUT2D eigenvalue weighted by Crippen LogP contribution is -2.46. The summed E-state index contributed by atoms with van der Waals surface area (Å²) in [7, 11) is 1.85. The summed E-state index contributed by atoms with van der Waals surface area (Å²) in [5, 5.41) is 3.01. The fourth-order valence-corrected chi connectivity index (χ4v) is 4.53. The Labute approximate surface area is 201 Å². The number of hydrogen-bond donors (Lipinski definition) is 2. The van der Waals surface area contributed by atoms with Gasteiger partial charge in [0.2, 0.25) is 5.95 Å². The minimum atomic E-state index is 0.143. The Hall–Kier alpha value is -3.45. The molecular formula is C27H33N7. The van der Waals surface area contributed by atoms with Crippen LogP contribution in [0.25, 0.3) is 22.4 Å². The molecule has 1 aliphatic heterocycles. The van der Waals surface area contributed by atoms with Crippen LogP contribution in [0.1, 0.15) is 32.0 Å². The normalized spacial score (nSPS) is 15.1. The van der Waals surface area contributed by atoms with Crippen molar-refractivity contribution < 1.29 is 0 Å². The molecule has 1 saturated heterocycles. The second-order valence-corrected chi connectivity index (χ2v) is 9.97. The summed E-state index contributed by atoms with van der Waals surface area (Å²) < 4.78 is 0. The lowest BCUT2D eigenvalue weighted by atomic mass is 9.87. The van der Waals surface area contributed by atoms with Gasteiger partial charge in [0, 0.05) is 51.5 Å². The Morgan fingerprint density at radius 2 is 1.71 bits per heavy atom. The summed E-state index contributed by atoms with van der Waals surface area (Å²) in [5.41, 5.74) is 6.98. The second kappa shape index (κ2) is 9.06. The number of rotatable bonds is 5. The minimum absolute atomic E-state index is 0.143. The summed E-state index contributed by atoms with van der Waals surface area (Å²) in [6.45, 7) is 11.5. The molecule has 2 aromatic heterocycles. The zero-order valence-corrected chi connectivity index (χ0v) is 20.5. The lowest BCUT2D eigenvalue weighted by molar-refractivity contribution is 0.247. The molecule has 7 nitrogen and oxygen atoms in total. The van der Waals surface area contributed by atoms with Crippen LogP contribution in [0.5, 0.6) is 0 Å². The Morgan fingerprint density at radius 3 is 2.41 bits per heavy atom. The average molecular weight is 456 g/mol. The molecule has 0 atom stereocenters. The first-order valence-corrected chi connectivity index (χ1v) is 12.0. The van der Waals surface area contributed by atoms with Crippen LogP contribution in [0.3, 0.4) is 0 Å². The van der Waals surface area contributed by atoms with E-state index < -0.39 is 0 Å². The van der Waals surface area contributed by atoms with E-state index in [9.17, 15) is 0 Å². The van der Waals surface area contributed by atoms with Gasteiger partial charge in [-0.2, -0.15) is 0 Å². The molecule has 176 valence electrons. The number of hydrogen-bond acceptors (Lipinski definition) is 6. The lowest BCUT2D eigenvalue weighted by Gasteiger charge is -2.36. The number of para-hydroxylation sites is 1. The molecule has 0 unspecified atom stereocenters. The summed E-state index contributed by atoms with van der Waals surface area (Å²) in [6.07, 6.45) is 1.82. The monoisotopic (exact) mass is 455 g/mol. The van der Waals surface area contributed by atoms with Gasteiger partial charge in [-0.15, -0.1) is 0 Å². The zero-order chi connectivity index (χ0) is 23.7. The number of benzene rings is 2. The van der Waals surface area contributed by atoms with Crippen molar-refractivity contribution >= 4 is 22.7 Å². The van der Waals surface area contributed by atoms with Crippen LogP contribution in [0.2, 0.25) is 0 Å². The highest BCUT2D eigenvalue weighted by molar-refractivity contribution is 5.91. The number of anilines is 2. The van der Waals surface area contributed by atoms with E-state index in [0.29, 0.717) is 5.95 Å². The molecular weight excluding hydrogens is 422 g/mol. The van der Waals surface area contributed by atoms with Crippen molar-refractivity contribution in [2.75, 3.05) is 43.4 Å². The van der Waals surface area contributed by atoms with Gasteiger partial charge in [0.05, 0.1) is 22.4 Å². The summed E-state index contributed by atoms with van der Waals surface area (Å²) in [4.78, 5) is 22.2. The smallest absolute Gasteiger partial charge is 0.222 e. The molecule has 1 fully saturated rings. The molecule has 0 bridgehead atoms. The molecule has 0 saturated carbocycles. The first kappa shape index (κ1) is 22.3.